The van der Waals surface area contributed by atoms with Gasteiger partial charge in [0.1, 0.15) is 12.1 Å². The summed E-state index contributed by atoms with van der Waals surface area (Å²) in [7, 11) is 0. The van der Waals surface area contributed by atoms with Crippen molar-refractivity contribution < 1.29 is 39.3 Å². The first-order valence-corrected chi connectivity index (χ1v) is 11.2. The lowest BCUT2D eigenvalue weighted by Gasteiger charge is -2.32. The van der Waals surface area contributed by atoms with E-state index in [0.717, 1.165) is 24.5 Å². The molecule has 2 atom stereocenters. The molecular formula is C25H34N2O8. The summed E-state index contributed by atoms with van der Waals surface area (Å²) in [4.78, 5) is 57.5. The number of amides is 2. The van der Waals surface area contributed by atoms with Gasteiger partial charge in [0.15, 0.2) is 0 Å². The van der Waals surface area contributed by atoms with E-state index in [-0.39, 0.29) is 5.41 Å². The minimum absolute atomic E-state index is 0.0959. The van der Waals surface area contributed by atoms with Crippen LogP contribution >= 0.6 is 0 Å². The first-order valence-electron chi connectivity index (χ1n) is 11.2. The molecule has 0 saturated carbocycles. The zero-order chi connectivity index (χ0) is 26.8. The second kappa shape index (κ2) is 13.3. The van der Waals surface area contributed by atoms with Gasteiger partial charge in [0.05, 0.1) is 12.8 Å². The number of carbonyl (C=O) groups is 5. The maximum Gasteiger partial charge on any atom is 0.326 e. The molecule has 0 aromatic heterocycles. The Balaban J connectivity index is 2.84. The number of hydrogen-bond donors (Lipinski definition) is 5. The Bertz CT molecular complexity index is 972. The number of hydrogen-bond acceptors (Lipinski definition) is 5. The van der Waals surface area contributed by atoms with Crippen molar-refractivity contribution in [3.8, 4) is 0 Å². The maximum atomic E-state index is 12.3. The molecule has 1 aliphatic rings. The molecule has 10 heteroatoms. The predicted octanol–water partition coefficient (Wildman–Crippen LogP) is 2.58. The molecule has 0 aromatic rings. The maximum absolute atomic E-state index is 12.3. The zero-order valence-electron chi connectivity index (χ0n) is 20.5. The smallest absolute Gasteiger partial charge is 0.326 e. The van der Waals surface area contributed by atoms with Gasteiger partial charge in [-0.05, 0) is 44.1 Å². The van der Waals surface area contributed by atoms with E-state index in [2.05, 4.69) is 32.2 Å². The van der Waals surface area contributed by atoms with Crippen LogP contribution in [0.15, 0.2) is 47.1 Å². The summed E-state index contributed by atoms with van der Waals surface area (Å²) in [5.74, 6) is -6.35. The monoisotopic (exact) mass is 490 g/mol. The van der Waals surface area contributed by atoms with Crippen molar-refractivity contribution in [3.63, 3.8) is 0 Å². The number of nitrogens with one attached hydrogen (secondary N) is 2. The summed E-state index contributed by atoms with van der Waals surface area (Å²) in [6.07, 6.45) is 9.90. The first-order chi connectivity index (χ1) is 16.2. The van der Waals surface area contributed by atoms with E-state index in [0.29, 0.717) is 0 Å². The van der Waals surface area contributed by atoms with Crippen molar-refractivity contribution in [2.75, 3.05) is 0 Å². The van der Waals surface area contributed by atoms with Gasteiger partial charge in [0.25, 0.3) is 0 Å². The van der Waals surface area contributed by atoms with Crippen molar-refractivity contribution in [3.05, 3.63) is 47.1 Å². The second-order valence-corrected chi connectivity index (χ2v) is 9.19. The molecule has 0 fully saturated rings. The highest BCUT2D eigenvalue weighted by Gasteiger charge is 2.29. The van der Waals surface area contributed by atoms with Gasteiger partial charge in [0.2, 0.25) is 11.8 Å². The Kier molecular flexibility index (Phi) is 11.1. The average Bonchev–Trinajstić information content (AvgIpc) is 2.71. The van der Waals surface area contributed by atoms with Gasteiger partial charge in [-0.1, -0.05) is 49.3 Å². The van der Waals surface area contributed by atoms with Crippen LogP contribution in [0.3, 0.4) is 0 Å². The summed E-state index contributed by atoms with van der Waals surface area (Å²) in [5, 5.41) is 31.0. The normalized spacial score (nSPS) is 17.8. The standard InChI is InChI=1S/C25H34N2O8/c1-15(10-11-17-16(2)8-6-12-25(17,3)4)7-5-9-20(28)26-18(13-21(29)30)23(33)27-19(24(34)35)14-22(31)32/h5,7,9-11,18-19H,6,8,12-14H2,1-4H3,(H,26,28)(H,27,33)(H,29,30)(H,31,32)(H,34,35)/b9-5+,11-10+,15-7+/t18-,19-/m0/s1. The molecule has 0 saturated heterocycles. The lowest BCUT2D eigenvalue weighted by molar-refractivity contribution is -0.148. The van der Waals surface area contributed by atoms with Crippen molar-refractivity contribution in [2.45, 2.75) is 71.9 Å². The number of carbonyl (C=O) groups excluding carboxylic acids is 2. The summed E-state index contributed by atoms with van der Waals surface area (Å²) in [5.41, 5.74) is 3.62. The van der Waals surface area contributed by atoms with Crippen LogP contribution in [0.1, 0.15) is 59.8 Å². The van der Waals surface area contributed by atoms with E-state index in [1.807, 2.05) is 18.3 Å². The third-order valence-electron chi connectivity index (χ3n) is 5.67. The lowest BCUT2D eigenvalue weighted by Crippen LogP contribution is -2.52. The molecule has 5 N–H and O–H groups in total. The zero-order valence-corrected chi connectivity index (χ0v) is 20.5. The fourth-order valence-corrected chi connectivity index (χ4v) is 3.82. The van der Waals surface area contributed by atoms with E-state index in [1.165, 1.54) is 23.6 Å². The molecule has 35 heavy (non-hydrogen) atoms. The van der Waals surface area contributed by atoms with Crippen LogP contribution in [0.4, 0.5) is 0 Å². The minimum Gasteiger partial charge on any atom is -0.481 e. The average molecular weight is 491 g/mol. The molecule has 0 heterocycles. The minimum atomic E-state index is -1.77. The summed E-state index contributed by atoms with van der Waals surface area (Å²) < 4.78 is 0. The molecule has 10 nitrogen and oxygen atoms in total. The van der Waals surface area contributed by atoms with Crippen LogP contribution in [0, 0.1) is 5.41 Å². The number of carboxylic acids is 3. The van der Waals surface area contributed by atoms with Crippen LogP contribution in [-0.4, -0.2) is 57.1 Å². The van der Waals surface area contributed by atoms with E-state index in [1.54, 1.807) is 6.08 Å². The highest BCUT2D eigenvalue weighted by molar-refractivity contribution is 5.96. The summed E-state index contributed by atoms with van der Waals surface area (Å²) in [6.45, 7) is 8.42. The quantitative estimate of drug-likeness (QED) is 0.205. The van der Waals surface area contributed by atoms with E-state index < -0.39 is 54.6 Å². The fourth-order valence-electron chi connectivity index (χ4n) is 3.82. The molecule has 1 aliphatic carbocycles. The van der Waals surface area contributed by atoms with Crippen molar-refractivity contribution in [1.29, 1.82) is 0 Å². The van der Waals surface area contributed by atoms with Gasteiger partial charge >= 0.3 is 17.9 Å². The number of rotatable bonds is 12. The lowest BCUT2D eigenvalue weighted by atomic mass is 9.72. The molecular weight excluding hydrogens is 456 g/mol. The Hall–Kier alpha value is -3.69. The largest absolute Gasteiger partial charge is 0.481 e. The van der Waals surface area contributed by atoms with Crippen molar-refractivity contribution in [1.82, 2.24) is 10.6 Å². The predicted molar refractivity (Wildman–Crippen MR) is 128 cm³/mol. The molecule has 2 amide bonds. The van der Waals surface area contributed by atoms with Crippen LogP contribution in [0.25, 0.3) is 0 Å². The molecule has 0 spiro atoms. The number of carboxylic acid groups (broad SMARTS) is 3. The third kappa shape index (κ3) is 10.4. The molecule has 0 radical (unpaired) electrons. The molecule has 0 unspecified atom stereocenters. The Morgan fingerprint density at radius 3 is 2.11 bits per heavy atom. The highest BCUT2D eigenvalue weighted by Crippen LogP contribution is 2.40. The van der Waals surface area contributed by atoms with E-state index in [9.17, 15) is 24.0 Å². The second-order valence-electron chi connectivity index (χ2n) is 9.19. The van der Waals surface area contributed by atoms with Gasteiger partial charge in [-0.15, -0.1) is 0 Å². The number of allylic oxidation sites excluding steroid dienone is 7. The summed E-state index contributed by atoms with van der Waals surface area (Å²) in [6, 6.07) is -3.36. The van der Waals surface area contributed by atoms with Gasteiger partial charge in [-0.3, -0.25) is 19.2 Å². The van der Waals surface area contributed by atoms with E-state index >= 15 is 0 Å². The molecule has 1 rings (SSSR count). The fraction of sp³-hybridized carbons (Fsp3) is 0.480. The van der Waals surface area contributed by atoms with Gasteiger partial charge < -0.3 is 26.0 Å². The Morgan fingerprint density at radius 1 is 0.971 bits per heavy atom. The molecule has 0 bridgehead atoms. The van der Waals surface area contributed by atoms with Crippen LogP contribution < -0.4 is 10.6 Å². The first kappa shape index (κ1) is 29.3. The number of aliphatic carboxylic acids is 3. The molecule has 0 aliphatic heterocycles. The van der Waals surface area contributed by atoms with Gasteiger partial charge in [-0.2, -0.15) is 0 Å². The van der Waals surface area contributed by atoms with Gasteiger partial charge in [-0.25, -0.2) is 4.79 Å². The van der Waals surface area contributed by atoms with Crippen molar-refractivity contribution >= 4 is 29.7 Å². The SMILES string of the molecule is CC1=C(/C=C/C(C)=C/C=C/C(=O)N[C@@H](CC(=O)O)C(=O)N[C@@H](CC(=O)O)C(=O)O)C(C)(C)CCC1. The Morgan fingerprint density at radius 2 is 1.57 bits per heavy atom. The van der Waals surface area contributed by atoms with Crippen LogP contribution in [0.5, 0.6) is 0 Å². The van der Waals surface area contributed by atoms with Crippen LogP contribution in [-0.2, 0) is 24.0 Å². The van der Waals surface area contributed by atoms with Gasteiger partial charge in [0, 0.05) is 6.08 Å². The highest BCUT2D eigenvalue weighted by atomic mass is 16.4. The summed E-state index contributed by atoms with van der Waals surface area (Å²) >= 11 is 0. The van der Waals surface area contributed by atoms with Crippen LogP contribution in [0.2, 0.25) is 0 Å². The van der Waals surface area contributed by atoms with E-state index in [4.69, 9.17) is 15.3 Å². The van der Waals surface area contributed by atoms with Crippen molar-refractivity contribution in [2.24, 2.45) is 5.41 Å². The third-order valence-corrected chi connectivity index (χ3v) is 5.67. The molecule has 192 valence electrons. The topological polar surface area (TPSA) is 170 Å². The Labute approximate surface area is 204 Å². The molecule has 0 aromatic carbocycles.